The van der Waals surface area contributed by atoms with E-state index in [1.54, 1.807) is 26.0 Å². The van der Waals surface area contributed by atoms with E-state index in [-0.39, 0.29) is 21.3 Å². The molecule has 0 amide bonds. The first-order valence-corrected chi connectivity index (χ1v) is 13.0. The fourth-order valence-electron chi connectivity index (χ4n) is 2.96. The van der Waals surface area contributed by atoms with Crippen LogP contribution in [-0.4, -0.2) is 26.8 Å². The summed E-state index contributed by atoms with van der Waals surface area (Å²) in [5.74, 6) is 0.610. The minimum atomic E-state index is -3.90. The van der Waals surface area contributed by atoms with Gasteiger partial charge in [0.25, 0.3) is 20.0 Å². The van der Waals surface area contributed by atoms with Crippen molar-refractivity contribution in [1.82, 2.24) is 9.97 Å². The van der Waals surface area contributed by atoms with E-state index in [2.05, 4.69) is 35.3 Å². The first-order chi connectivity index (χ1) is 14.5. The molecule has 0 atom stereocenters. The van der Waals surface area contributed by atoms with E-state index >= 15 is 0 Å². The molecule has 11 heteroatoms. The predicted molar refractivity (Wildman–Crippen MR) is 123 cm³/mol. The van der Waals surface area contributed by atoms with E-state index in [9.17, 15) is 16.8 Å². The molecular weight excluding hydrogens is 504 g/mol. The van der Waals surface area contributed by atoms with Crippen LogP contribution in [-0.2, 0) is 26.5 Å². The number of hydrogen-bond donors (Lipinski definition) is 2. The molecular formula is C20H21BrN4O4S2. The zero-order chi connectivity index (χ0) is 22.8. The number of hydrogen-bond acceptors (Lipinski definition) is 6. The smallest absolute Gasteiger partial charge is 0.263 e. The first-order valence-electron chi connectivity index (χ1n) is 9.26. The molecule has 31 heavy (non-hydrogen) atoms. The Balaban J connectivity index is 1.82. The molecule has 0 aliphatic heterocycles. The maximum atomic E-state index is 12.8. The van der Waals surface area contributed by atoms with E-state index in [0.717, 1.165) is 4.47 Å². The van der Waals surface area contributed by atoms with Crippen LogP contribution in [0, 0.1) is 13.8 Å². The van der Waals surface area contributed by atoms with Crippen molar-refractivity contribution >= 4 is 47.5 Å². The van der Waals surface area contributed by atoms with Crippen molar-refractivity contribution in [2.75, 3.05) is 9.44 Å². The normalized spacial score (nSPS) is 11.9. The van der Waals surface area contributed by atoms with Gasteiger partial charge >= 0.3 is 0 Å². The highest BCUT2D eigenvalue weighted by molar-refractivity contribution is 9.10. The van der Waals surface area contributed by atoms with Gasteiger partial charge in [-0.2, -0.15) is 0 Å². The SMILES string of the molecule is CCc1cc(Br)ccc1S(=O)(=O)Nc1ccc(S(=O)(=O)Nc2cc(C)nc(C)n2)cc1. The molecule has 0 aliphatic carbocycles. The molecule has 0 bridgehead atoms. The van der Waals surface area contributed by atoms with Crippen LogP contribution < -0.4 is 9.44 Å². The van der Waals surface area contributed by atoms with Crippen LogP contribution >= 0.6 is 15.9 Å². The number of nitrogens with zero attached hydrogens (tertiary/aromatic N) is 2. The summed E-state index contributed by atoms with van der Waals surface area (Å²) < 4.78 is 56.6. The maximum Gasteiger partial charge on any atom is 0.263 e. The van der Waals surface area contributed by atoms with Gasteiger partial charge in [0.05, 0.1) is 9.79 Å². The largest absolute Gasteiger partial charge is 0.280 e. The van der Waals surface area contributed by atoms with Gasteiger partial charge in [-0.1, -0.05) is 22.9 Å². The lowest BCUT2D eigenvalue weighted by Gasteiger charge is -2.13. The molecule has 0 saturated carbocycles. The lowest BCUT2D eigenvalue weighted by atomic mass is 10.2. The standard InChI is InChI=1S/C20H21BrN4O4S2/c1-4-15-12-16(21)5-10-19(15)31(28,29)24-17-6-8-18(9-7-17)30(26,27)25-20-11-13(2)22-14(3)23-20/h5-12,24H,4H2,1-3H3,(H,22,23,25). The quantitative estimate of drug-likeness (QED) is 0.481. The fourth-order valence-corrected chi connectivity index (χ4v) is 5.72. The van der Waals surface area contributed by atoms with Gasteiger partial charge in [0.1, 0.15) is 11.6 Å². The minimum absolute atomic E-state index is 0.0257. The number of nitrogens with one attached hydrogen (secondary N) is 2. The molecule has 1 aromatic heterocycles. The number of halogens is 1. The van der Waals surface area contributed by atoms with Crippen molar-refractivity contribution in [2.24, 2.45) is 0 Å². The zero-order valence-electron chi connectivity index (χ0n) is 17.0. The summed E-state index contributed by atoms with van der Waals surface area (Å²) in [5.41, 5.74) is 1.55. The molecule has 0 aliphatic rings. The van der Waals surface area contributed by atoms with Crippen LogP contribution in [0.25, 0.3) is 0 Å². The number of sulfonamides is 2. The van der Waals surface area contributed by atoms with Crippen molar-refractivity contribution in [3.63, 3.8) is 0 Å². The van der Waals surface area contributed by atoms with Crippen molar-refractivity contribution in [3.8, 4) is 0 Å². The van der Waals surface area contributed by atoms with Crippen molar-refractivity contribution in [1.29, 1.82) is 0 Å². The Hall–Kier alpha value is -2.50. The van der Waals surface area contributed by atoms with Crippen LogP contribution in [0.1, 0.15) is 24.0 Å². The van der Waals surface area contributed by atoms with E-state index in [0.29, 0.717) is 23.5 Å². The van der Waals surface area contributed by atoms with Crippen molar-refractivity contribution in [2.45, 2.75) is 37.0 Å². The highest BCUT2D eigenvalue weighted by Gasteiger charge is 2.20. The molecule has 0 unspecified atom stereocenters. The molecule has 3 aromatic rings. The van der Waals surface area contributed by atoms with Gasteiger partial charge < -0.3 is 0 Å². The first kappa shape index (κ1) is 23.2. The summed E-state index contributed by atoms with van der Waals surface area (Å²) in [6, 6.07) is 11.9. The van der Waals surface area contributed by atoms with Gasteiger partial charge in [0.2, 0.25) is 0 Å². The van der Waals surface area contributed by atoms with Crippen LogP contribution in [0.5, 0.6) is 0 Å². The van der Waals surface area contributed by atoms with Crippen LogP contribution in [0.3, 0.4) is 0 Å². The molecule has 8 nitrogen and oxygen atoms in total. The predicted octanol–water partition coefficient (Wildman–Crippen LogP) is 4.02. The van der Waals surface area contributed by atoms with Gasteiger partial charge in [-0.3, -0.25) is 9.44 Å². The van der Waals surface area contributed by atoms with Gasteiger partial charge in [0.15, 0.2) is 0 Å². The second-order valence-corrected chi connectivity index (χ2v) is 11.0. The van der Waals surface area contributed by atoms with Crippen LogP contribution in [0.2, 0.25) is 0 Å². The molecule has 0 fully saturated rings. The second-order valence-electron chi connectivity index (χ2n) is 6.78. The minimum Gasteiger partial charge on any atom is -0.280 e. The number of rotatable bonds is 7. The third kappa shape index (κ3) is 5.60. The van der Waals surface area contributed by atoms with Gasteiger partial charge in [-0.25, -0.2) is 26.8 Å². The Kier molecular flexibility index (Phi) is 6.68. The number of aryl methyl sites for hydroxylation is 3. The highest BCUT2D eigenvalue weighted by atomic mass is 79.9. The number of anilines is 2. The molecule has 2 N–H and O–H groups in total. The third-order valence-electron chi connectivity index (χ3n) is 4.31. The second kappa shape index (κ2) is 8.93. The average Bonchev–Trinajstić information content (AvgIpc) is 2.66. The Bertz CT molecular complexity index is 1310. The third-order valence-corrected chi connectivity index (χ3v) is 7.66. The average molecular weight is 525 g/mol. The molecule has 164 valence electrons. The Morgan fingerprint density at radius 3 is 2.16 bits per heavy atom. The fraction of sp³-hybridized carbons (Fsp3) is 0.200. The molecule has 3 rings (SSSR count). The summed E-state index contributed by atoms with van der Waals surface area (Å²) in [5, 5.41) is 0. The summed E-state index contributed by atoms with van der Waals surface area (Å²) >= 11 is 3.34. The topological polar surface area (TPSA) is 118 Å². The zero-order valence-corrected chi connectivity index (χ0v) is 20.3. The van der Waals surface area contributed by atoms with Gasteiger partial charge in [0, 0.05) is 21.9 Å². The summed E-state index contributed by atoms with van der Waals surface area (Å²) in [6.07, 6.45) is 0.542. The molecule has 0 radical (unpaired) electrons. The van der Waals surface area contributed by atoms with Crippen molar-refractivity contribution in [3.05, 3.63) is 70.1 Å². The van der Waals surface area contributed by atoms with Gasteiger partial charge in [-0.05, 0) is 68.3 Å². The van der Waals surface area contributed by atoms with Crippen molar-refractivity contribution < 1.29 is 16.8 Å². The molecule has 0 spiro atoms. The Morgan fingerprint density at radius 2 is 1.55 bits per heavy atom. The lowest BCUT2D eigenvalue weighted by Crippen LogP contribution is -2.16. The van der Waals surface area contributed by atoms with E-state index < -0.39 is 20.0 Å². The van der Waals surface area contributed by atoms with Gasteiger partial charge in [-0.15, -0.1) is 0 Å². The van der Waals surface area contributed by atoms with E-state index in [1.165, 1.54) is 36.4 Å². The van der Waals surface area contributed by atoms with Crippen LogP contribution in [0.4, 0.5) is 11.5 Å². The lowest BCUT2D eigenvalue weighted by molar-refractivity contribution is 0.599. The monoisotopic (exact) mass is 524 g/mol. The number of benzene rings is 2. The highest BCUT2D eigenvalue weighted by Crippen LogP contribution is 2.25. The van der Waals surface area contributed by atoms with E-state index in [4.69, 9.17) is 0 Å². The van der Waals surface area contributed by atoms with E-state index in [1.807, 2.05) is 6.92 Å². The molecule has 2 aromatic carbocycles. The summed E-state index contributed by atoms with van der Waals surface area (Å²) in [7, 11) is -7.73. The molecule has 0 saturated heterocycles. The summed E-state index contributed by atoms with van der Waals surface area (Å²) in [6.45, 7) is 5.28. The Morgan fingerprint density at radius 1 is 0.871 bits per heavy atom. The summed E-state index contributed by atoms with van der Waals surface area (Å²) in [4.78, 5) is 8.33. The van der Waals surface area contributed by atoms with Crippen LogP contribution in [0.15, 0.2) is 62.8 Å². The maximum absolute atomic E-state index is 12.8. The number of aromatic nitrogens is 2. The molecule has 1 heterocycles. The Labute approximate surface area is 190 Å².